The monoisotopic (exact) mass is 1230 g/mol. The summed E-state index contributed by atoms with van der Waals surface area (Å²) in [6, 6.07) is -10.4. The molecule has 87 heavy (non-hydrogen) atoms. The molecule has 1 unspecified atom stereocenters. The minimum absolute atomic E-state index is 0.0384. The molecule has 11 amide bonds. The lowest BCUT2D eigenvalue weighted by molar-refractivity contribution is -0.157. The van der Waals surface area contributed by atoms with Crippen molar-refractivity contribution in [1.29, 1.82) is 0 Å². The van der Waals surface area contributed by atoms with Gasteiger partial charge in [0.25, 0.3) is 0 Å². The molecule has 0 aliphatic rings. The van der Waals surface area contributed by atoms with Crippen LogP contribution in [0.1, 0.15) is 170 Å². The first kappa shape index (κ1) is 80.9. The number of carbonyl (C=O) groups excluding carboxylic acids is 11. The lowest BCUT2D eigenvalue weighted by Crippen LogP contribution is -2.63. The molecular formula is C64H117N11O12. The molecule has 0 heterocycles. The minimum atomic E-state index is -1.60. The molecule has 0 aromatic carbocycles. The molecule has 0 aliphatic heterocycles. The van der Waals surface area contributed by atoms with Crippen LogP contribution in [0.2, 0.25) is 0 Å². The number of nitrogens with zero attached hydrogens (tertiary/aromatic N) is 7. The highest BCUT2D eigenvalue weighted by atomic mass is 16.3. The Morgan fingerprint density at radius 3 is 1.32 bits per heavy atom. The molecule has 0 aromatic heterocycles. The number of aliphatic hydroxyl groups excluding tert-OH is 1. The summed E-state index contributed by atoms with van der Waals surface area (Å²) in [5.41, 5.74) is 5.39. The van der Waals surface area contributed by atoms with Gasteiger partial charge in [-0.05, 0) is 107 Å². The first-order valence-corrected chi connectivity index (χ1v) is 31.4. The summed E-state index contributed by atoms with van der Waals surface area (Å²) in [5, 5.41) is 20.4. The van der Waals surface area contributed by atoms with Gasteiger partial charge in [0.1, 0.15) is 54.4 Å². The van der Waals surface area contributed by atoms with E-state index in [1.807, 2.05) is 76.2 Å². The number of hydrogen-bond acceptors (Lipinski definition) is 12. The normalized spacial score (nSPS) is 16.0. The van der Waals surface area contributed by atoms with Gasteiger partial charge < -0.3 is 61.1 Å². The molecule has 0 saturated heterocycles. The molecule has 0 aromatic rings. The smallest absolute Gasteiger partial charge is 0.246 e. The van der Waals surface area contributed by atoms with Crippen molar-refractivity contribution in [3.8, 4) is 0 Å². The zero-order valence-electron chi connectivity index (χ0n) is 57.8. The highest BCUT2D eigenvalue weighted by Crippen LogP contribution is 2.26. The molecule has 0 bridgehead atoms. The van der Waals surface area contributed by atoms with Crippen LogP contribution in [-0.2, 0) is 52.7 Å². The maximum absolute atomic E-state index is 15.2. The third-order valence-electron chi connectivity index (χ3n) is 16.2. The second kappa shape index (κ2) is 37.7. The fourth-order valence-electron chi connectivity index (χ4n) is 10.8. The first-order chi connectivity index (χ1) is 40.0. The molecule has 23 heteroatoms. The average Bonchev–Trinajstić information content (AvgIpc) is 1.15. The highest BCUT2D eigenvalue weighted by molar-refractivity contribution is 5.99. The molecule has 0 radical (unpaired) electrons. The number of amides is 11. The largest absolute Gasteiger partial charge is 0.390 e. The molecule has 500 valence electrons. The van der Waals surface area contributed by atoms with E-state index in [0.29, 0.717) is 19.3 Å². The van der Waals surface area contributed by atoms with Crippen LogP contribution in [0.4, 0.5) is 0 Å². The van der Waals surface area contributed by atoms with Crippen LogP contribution in [0.3, 0.4) is 0 Å². The van der Waals surface area contributed by atoms with E-state index in [1.54, 1.807) is 53.8 Å². The number of rotatable bonds is 37. The lowest BCUT2D eigenvalue weighted by Gasteiger charge is -2.41. The summed E-state index contributed by atoms with van der Waals surface area (Å²) in [6.45, 7) is 32.2. The van der Waals surface area contributed by atoms with Crippen molar-refractivity contribution in [2.75, 3.05) is 55.9 Å². The number of carbonyl (C=O) groups is 11. The molecular weight excluding hydrogens is 1110 g/mol. The van der Waals surface area contributed by atoms with Crippen molar-refractivity contribution in [3.05, 3.63) is 12.2 Å². The van der Waals surface area contributed by atoms with Gasteiger partial charge in [-0.15, -0.1) is 0 Å². The van der Waals surface area contributed by atoms with Crippen LogP contribution < -0.4 is 21.7 Å². The van der Waals surface area contributed by atoms with Crippen LogP contribution in [0.25, 0.3) is 0 Å². The summed E-state index contributed by atoms with van der Waals surface area (Å²) in [5.74, 6) is -8.23. The van der Waals surface area contributed by atoms with E-state index in [4.69, 9.17) is 5.73 Å². The third kappa shape index (κ3) is 24.8. The fourth-order valence-corrected chi connectivity index (χ4v) is 10.8. The van der Waals surface area contributed by atoms with Gasteiger partial charge in [0.2, 0.25) is 65.0 Å². The van der Waals surface area contributed by atoms with Gasteiger partial charge in [0, 0.05) is 55.3 Å². The Bertz CT molecular complexity index is 2330. The molecule has 23 nitrogen and oxygen atoms in total. The predicted octanol–water partition coefficient (Wildman–Crippen LogP) is 4.28. The average molecular weight is 1230 g/mol. The number of primary amides is 1. The standard InChI is InChI=1S/C64H117N11O12/c1-26-28-29-42(15)54(77)53(58(81)67-46(27-2)61(84)69(19)35-51(76)70(20)45(18)55(65)78)75(25)64(87)52(41(13)14)74(24)63(86)50(34-40(11)12)73(23)62(85)49(33-39(9)10)72(22)60(83)44(17)66-56(79)47(31-37(5)6)68-57(80)48(32-38(7)8)71(21)59(82)43(16)30-36(3)4/h26,28,36-50,52-54,77H,27,29-35H2,1-25H3,(H2,65,78)(H,66,79)(H,67,81)(H,68,80)/b28-26-/t42-,43+,44-,45-,46+,47-,48-,49+,50+,52+,53?,54-/m0/s1. The Labute approximate surface area is 522 Å². The maximum Gasteiger partial charge on any atom is 0.246 e. The van der Waals surface area contributed by atoms with E-state index >= 15 is 14.4 Å². The van der Waals surface area contributed by atoms with Gasteiger partial charge in [-0.3, -0.25) is 52.7 Å². The zero-order valence-corrected chi connectivity index (χ0v) is 57.8. The second-order valence-corrected chi connectivity index (χ2v) is 26.8. The number of nitrogens with two attached hydrogens (primary N) is 1. The Balaban J connectivity index is 7.19. The first-order valence-electron chi connectivity index (χ1n) is 31.4. The second-order valence-electron chi connectivity index (χ2n) is 26.8. The van der Waals surface area contributed by atoms with Crippen molar-refractivity contribution < 1.29 is 57.8 Å². The van der Waals surface area contributed by atoms with Crippen LogP contribution in [0, 0.1) is 47.3 Å². The molecule has 0 saturated carbocycles. The summed E-state index contributed by atoms with van der Waals surface area (Å²) in [7, 11) is 10.1. The third-order valence-corrected chi connectivity index (χ3v) is 16.2. The van der Waals surface area contributed by atoms with Crippen molar-refractivity contribution in [2.24, 2.45) is 53.1 Å². The van der Waals surface area contributed by atoms with Crippen LogP contribution >= 0.6 is 0 Å². The predicted molar refractivity (Wildman–Crippen MR) is 339 cm³/mol. The van der Waals surface area contributed by atoms with Gasteiger partial charge >= 0.3 is 0 Å². The van der Waals surface area contributed by atoms with E-state index in [0.717, 1.165) is 14.7 Å². The maximum atomic E-state index is 15.2. The SMILES string of the molecule is C/C=C\C[C@H](C)[C@H](O)C(C(=O)N[C@H](CC)C(=O)N(C)CC(=O)N(C)[C@@H](C)C(N)=O)N(C)C(=O)[C@@H](C(C)C)N(C)C(=O)[C@@H](CC(C)C)N(C)C(=O)[C@@H](CC(C)C)N(C)C(=O)[C@H](C)NC(=O)[C@H](CC(C)C)NC(=O)[C@H](CC(C)C)N(C)C(=O)[C@H](C)CC(C)C. The van der Waals surface area contributed by atoms with Crippen molar-refractivity contribution in [3.63, 3.8) is 0 Å². The zero-order chi connectivity index (χ0) is 68.0. The summed E-state index contributed by atoms with van der Waals surface area (Å²) in [4.78, 5) is 163. The number of allylic oxidation sites excluding steroid dienone is 2. The lowest BCUT2D eigenvalue weighted by atomic mass is 9.91. The van der Waals surface area contributed by atoms with Crippen LogP contribution in [-0.4, -0.2) is 221 Å². The van der Waals surface area contributed by atoms with Gasteiger partial charge in [-0.25, -0.2) is 0 Å². The Morgan fingerprint density at radius 1 is 0.460 bits per heavy atom. The number of hydrogen-bond donors (Lipinski definition) is 5. The van der Waals surface area contributed by atoms with E-state index in [1.165, 1.54) is 75.7 Å². The van der Waals surface area contributed by atoms with Crippen LogP contribution in [0.5, 0.6) is 0 Å². The van der Waals surface area contributed by atoms with Crippen molar-refractivity contribution in [1.82, 2.24) is 50.2 Å². The van der Waals surface area contributed by atoms with E-state index in [9.17, 15) is 43.5 Å². The molecule has 12 atom stereocenters. The number of likely N-dealkylation sites (N-methyl/N-ethyl adjacent to an activating group) is 7. The van der Waals surface area contributed by atoms with Crippen LogP contribution in [0.15, 0.2) is 12.2 Å². The van der Waals surface area contributed by atoms with E-state index in [2.05, 4.69) is 16.0 Å². The minimum Gasteiger partial charge on any atom is -0.390 e. The molecule has 6 N–H and O–H groups in total. The fraction of sp³-hybridized carbons (Fsp3) is 0.797. The summed E-state index contributed by atoms with van der Waals surface area (Å²) >= 11 is 0. The number of nitrogens with one attached hydrogen (secondary N) is 3. The molecule has 0 rings (SSSR count). The van der Waals surface area contributed by atoms with Gasteiger partial charge in [0.15, 0.2) is 0 Å². The van der Waals surface area contributed by atoms with Gasteiger partial charge in [-0.1, -0.05) is 116 Å². The van der Waals surface area contributed by atoms with Crippen molar-refractivity contribution >= 4 is 65.0 Å². The Kier molecular flexibility index (Phi) is 35.0. The number of aliphatic hydroxyl groups is 1. The van der Waals surface area contributed by atoms with Crippen molar-refractivity contribution in [2.45, 2.75) is 230 Å². The molecule has 0 aliphatic carbocycles. The van der Waals surface area contributed by atoms with Gasteiger partial charge in [-0.2, -0.15) is 0 Å². The van der Waals surface area contributed by atoms with Gasteiger partial charge in [0.05, 0.1) is 12.6 Å². The molecule has 0 spiro atoms. The molecule has 0 fully saturated rings. The quantitative estimate of drug-likeness (QED) is 0.0545. The Hall–Kier alpha value is -6.13. The van der Waals surface area contributed by atoms with E-state index in [-0.39, 0.29) is 67.1 Å². The summed E-state index contributed by atoms with van der Waals surface area (Å²) < 4.78 is 0. The Morgan fingerprint density at radius 2 is 0.885 bits per heavy atom. The van der Waals surface area contributed by atoms with E-state index < -0.39 is 138 Å². The highest BCUT2D eigenvalue weighted by Gasteiger charge is 2.45. The summed E-state index contributed by atoms with van der Waals surface area (Å²) in [6.07, 6.45) is 3.99. The topological polar surface area (TPSA) is 293 Å².